The van der Waals surface area contributed by atoms with Crippen LogP contribution < -0.4 is 20.1 Å². The summed E-state index contributed by atoms with van der Waals surface area (Å²) in [5.74, 6) is 0.939. The van der Waals surface area contributed by atoms with Crippen LogP contribution in [-0.2, 0) is 11.3 Å². The molecule has 0 aliphatic carbocycles. The lowest BCUT2D eigenvalue weighted by molar-refractivity contribution is -0.118. The van der Waals surface area contributed by atoms with E-state index in [1.807, 2.05) is 50.2 Å². The summed E-state index contributed by atoms with van der Waals surface area (Å²) in [5.41, 5.74) is 2.97. The van der Waals surface area contributed by atoms with Gasteiger partial charge in [0.25, 0.3) is 5.91 Å². The first-order valence-corrected chi connectivity index (χ1v) is 11.6. The SMILES string of the molecule is CCOc1cc(CNCCN(CC)CC)cc(Br)c1OCC(=O)Nc1ccc(C)cc1. The van der Waals surface area contributed by atoms with Gasteiger partial charge >= 0.3 is 0 Å². The van der Waals surface area contributed by atoms with E-state index in [-0.39, 0.29) is 12.5 Å². The van der Waals surface area contributed by atoms with Crippen LogP contribution in [0.25, 0.3) is 0 Å². The second-order valence-electron chi connectivity index (χ2n) is 7.24. The molecule has 0 bridgehead atoms. The molecule has 0 radical (unpaired) electrons. The minimum Gasteiger partial charge on any atom is -0.490 e. The second-order valence-corrected chi connectivity index (χ2v) is 8.10. The summed E-state index contributed by atoms with van der Waals surface area (Å²) in [4.78, 5) is 14.7. The zero-order chi connectivity index (χ0) is 22.6. The Morgan fingerprint density at radius 2 is 1.77 bits per heavy atom. The number of hydrogen-bond donors (Lipinski definition) is 2. The van der Waals surface area contributed by atoms with Crippen LogP contribution in [0.2, 0.25) is 0 Å². The zero-order valence-corrected chi connectivity index (χ0v) is 20.5. The summed E-state index contributed by atoms with van der Waals surface area (Å²) < 4.78 is 12.4. The first-order valence-electron chi connectivity index (χ1n) is 10.8. The molecule has 0 unspecified atom stereocenters. The quantitative estimate of drug-likeness (QED) is 0.400. The van der Waals surface area contributed by atoms with Crippen molar-refractivity contribution >= 4 is 27.5 Å². The largest absolute Gasteiger partial charge is 0.490 e. The third-order valence-electron chi connectivity index (χ3n) is 4.88. The molecule has 31 heavy (non-hydrogen) atoms. The van der Waals surface area contributed by atoms with Crippen LogP contribution in [0.15, 0.2) is 40.9 Å². The Hall–Kier alpha value is -2.09. The van der Waals surface area contributed by atoms with Gasteiger partial charge in [-0.1, -0.05) is 31.5 Å². The fraction of sp³-hybridized carbons (Fsp3) is 0.458. The van der Waals surface area contributed by atoms with Crippen LogP contribution in [-0.4, -0.2) is 50.2 Å². The number of anilines is 1. The Morgan fingerprint density at radius 3 is 2.42 bits per heavy atom. The number of carbonyl (C=O) groups excluding carboxylic acids is 1. The van der Waals surface area contributed by atoms with E-state index in [0.717, 1.165) is 54.0 Å². The number of ether oxygens (including phenoxy) is 2. The third kappa shape index (κ3) is 8.51. The van der Waals surface area contributed by atoms with Crippen molar-refractivity contribution in [2.24, 2.45) is 0 Å². The van der Waals surface area contributed by atoms with Crippen molar-refractivity contribution in [3.8, 4) is 11.5 Å². The maximum atomic E-state index is 12.3. The molecule has 2 aromatic carbocycles. The van der Waals surface area contributed by atoms with E-state index in [1.165, 1.54) is 0 Å². The van der Waals surface area contributed by atoms with Gasteiger partial charge in [0.2, 0.25) is 0 Å². The highest BCUT2D eigenvalue weighted by molar-refractivity contribution is 9.10. The molecular weight excluding hydrogens is 458 g/mol. The van der Waals surface area contributed by atoms with Crippen LogP contribution >= 0.6 is 15.9 Å². The van der Waals surface area contributed by atoms with Crippen molar-refractivity contribution in [1.82, 2.24) is 10.2 Å². The topological polar surface area (TPSA) is 62.8 Å². The molecule has 1 amide bonds. The molecule has 170 valence electrons. The molecule has 0 heterocycles. The molecule has 0 aromatic heterocycles. The third-order valence-corrected chi connectivity index (χ3v) is 5.47. The number of rotatable bonds is 13. The lowest BCUT2D eigenvalue weighted by Gasteiger charge is -2.18. The van der Waals surface area contributed by atoms with E-state index < -0.39 is 0 Å². The number of carbonyl (C=O) groups is 1. The summed E-state index contributed by atoms with van der Waals surface area (Å²) in [6.07, 6.45) is 0. The van der Waals surface area contributed by atoms with E-state index >= 15 is 0 Å². The highest BCUT2D eigenvalue weighted by Gasteiger charge is 2.14. The fourth-order valence-electron chi connectivity index (χ4n) is 3.11. The molecule has 0 saturated heterocycles. The second kappa shape index (κ2) is 13.3. The molecule has 0 aliphatic rings. The smallest absolute Gasteiger partial charge is 0.262 e. The number of nitrogens with zero attached hydrogens (tertiary/aromatic N) is 1. The Morgan fingerprint density at radius 1 is 1.06 bits per heavy atom. The molecule has 2 N–H and O–H groups in total. The molecular formula is C24H34BrN3O3. The molecule has 0 atom stereocenters. The van der Waals surface area contributed by atoms with Crippen LogP contribution in [0, 0.1) is 6.92 Å². The van der Waals surface area contributed by atoms with E-state index in [9.17, 15) is 4.79 Å². The standard InChI is InChI=1S/C24H34BrN3O3/c1-5-28(6-2)13-12-26-16-19-14-21(25)24(22(15-19)30-7-3)31-17-23(29)27-20-10-8-18(4)9-11-20/h8-11,14-15,26H,5-7,12-13,16-17H2,1-4H3,(H,27,29). The highest BCUT2D eigenvalue weighted by Crippen LogP contribution is 2.37. The summed E-state index contributed by atoms with van der Waals surface area (Å²) in [6, 6.07) is 11.6. The highest BCUT2D eigenvalue weighted by atomic mass is 79.9. The van der Waals surface area contributed by atoms with Crippen molar-refractivity contribution in [3.63, 3.8) is 0 Å². The van der Waals surface area contributed by atoms with Gasteiger partial charge in [0, 0.05) is 25.3 Å². The Kier molecular flexibility index (Phi) is 10.8. The van der Waals surface area contributed by atoms with Gasteiger partial charge in [-0.25, -0.2) is 0 Å². The number of nitrogens with one attached hydrogen (secondary N) is 2. The van der Waals surface area contributed by atoms with E-state index in [4.69, 9.17) is 9.47 Å². The van der Waals surface area contributed by atoms with Crippen molar-refractivity contribution < 1.29 is 14.3 Å². The molecule has 0 saturated carbocycles. The van der Waals surface area contributed by atoms with Gasteiger partial charge in [0.05, 0.1) is 11.1 Å². The molecule has 7 heteroatoms. The van der Waals surface area contributed by atoms with Gasteiger partial charge in [-0.2, -0.15) is 0 Å². The molecule has 0 aliphatic heterocycles. The Balaban J connectivity index is 1.95. The van der Waals surface area contributed by atoms with Gasteiger partial charge < -0.3 is 25.0 Å². The summed E-state index contributed by atoms with van der Waals surface area (Å²) in [5, 5.41) is 6.32. The summed E-state index contributed by atoms with van der Waals surface area (Å²) in [7, 11) is 0. The molecule has 2 aromatic rings. The average Bonchev–Trinajstić information content (AvgIpc) is 2.75. The van der Waals surface area contributed by atoms with Crippen LogP contribution in [0.3, 0.4) is 0 Å². The van der Waals surface area contributed by atoms with Crippen molar-refractivity contribution in [1.29, 1.82) is 0 Å². The maximum absolute atomic E-state index is 12.3. The Labute approximate surface area is 194 Å². The van der Waals surface area contributed by atoms with Crippen LogP contribution in [0.1, 0.15) is 31.9 Å². The van der Waals surface area contributed by atoms with E-state index in [2.05, 4.69) is 45.3 Å². The van der Waals surface area contributed by atoms with Crippen molar-refractivity contribution in [3.05, 3.63) is 52.0 Å². The van der Waals surface area contributed by atoms with Gasteiger partial charge in [-0.05, 0) is 72.7 Å². The van der Waals surface area contributed by atoms with Gasteiger partial charge in [0.15, 0.2) is 18.1 Å². The van der Waals surface area contributed by atoms with E-state index in [1.54, 1.807) is 0 Å². The number of halogens is 1. The number of likely N-dealkylation sites (N-methyl/N-ethyl adjacent to an activating group) is 1. The summed E-state index contributed by atoms with van der Waals surface area (Å²) >= 11 is 3.57. The predicted octanol–water partition coefficient (Wildman–Crippen LogP) is 4.61. The number of amides is 1. The fourth-order valence-corrected chi connectivity index (χ4v) is 3.71. The van der Waals surface area contributed by atoms with Crippen LogP contribution in [0.4, 0.5) is 5.69 Å². The lowest BCUT2D eigenvalue weighted by Crippen LogP contribution is -2.31. The Bertz CT molecular complexity index is 824. The first-order chi connectivity index (χ1) is 15.0. The number of aryl methyl sites for hydroxylation is 1. The first kappa shape index (κ1) is 25.2. The van der Waals surface area contributed by atoms with Crippen molar-refractivity contribution in [2.75, 3.05) is 44.7 Å². The van der Waals surface area contributed by atoms with Crippen molar-refractivity contribution in [2.45, 2.75) is 34.2 Å². The monoisotopic (exact) mass is 491 g/mol. The minimum atomic E-state index is -0.222. The molecule has 0 fully saturated rings. The van der Waals surface area contributed by atoms with Crippen LogP contribution in [0.5, 0.6) is 11.5 Å². The number of benzene rings is 2. The average molecular weight is 492 g/mol. The molecule has 2 rings (SSSR count). The normalized spacial score (nSPS) is 10.9. The van der Waals surface area contributed by atoms with E-state index in [0.29, 0.717) is 18.1 Å². The zero-order valence-electron chi connectivity index (χ0n) is 19.0. The van der Waals surface area contributed by atoms with Gasteiger partial charge in [-0.3, -0.25) is 4.79 Å². The molecule has 6 nitrogen and oxygen atoms in total. The number of hydrogen-bond acceptors (Lipinski definition) is 5. The minimum absolute atomic E-state index is 0.103. The maximum Gasteiger partial charge on any atom is 0.262 e. The van der Waals surface area contributed by atoms with Gasteiger partial charge in [-0.15, -0.1) is 0 Å². The summed E-state index contributed by atoms with van der Waals surface area (Å²) in [6.45, 7) is 13.5. The van der Waals surface area contributed by atoms with Gasteiger partial charge in [0.1, 0.15) is 0 Å². The lowest BCUT2D eigenvalue weighted by atomic mass is 10.2. The predicted molar refractivity (Wildman–Crippen MR) is 130 cm³/mol. The molecule has 0 spiro atoms.